The van der Waals surface area contributed by atoms with Gasteiger partial charge < -0.3 is 5.32 Å². The molecule has 0 spiro atoms. The molecule has 6 nitrogen and oxygen atoms in total. The molecule has 2 aromatic rings. The van der Waals surface area contributed by atoms with Crippen molar-refractivity contribution in [3.63, 3.8) is 0 Å². The summed E-state index contributed by atoms with van der Waals surface area (Å²) in [4.78, 5) is 24.5. The Hall–Kier alpha value is -2.38. The van der Waals surface area contributed by atoms with Gasteiger partial charge in [0.05, 0.1) is 17.4 Å². The number of carbonyl (C=O) groups excluding carboxylic acids is 2. The summed E-state index contributed by atoms with van der Waals surface area (Å²) < 4.78 is 25.1. The highest BCUT2D eigenvalue weighted by molar-refractivity contribution is 7.94. The van der Waals surface area contributed by atoms with Crippen LogP contribution in [0, 0.1) is 12.8 Å². The van der Waals surface area contributed by atoms with Gasteiger partial charge in [-0.25, -0.2) is 12.7 Å². The normalized spacial score (nSPS) is 18.8. The zero-order valence-corrected chi connectivity index (χ0v) is 15.8. The Morgan fingerprint density at radius 2 is 1.85 bits per heavy atom. The number of anilines is 2. The molecule has 0 radical (unpaired) electrons. The largest absolute Gasteiger partial charge is 0.322 e. The highest BCUT2D eigenvalue weighted by Gasteiger charge is 2.41. The zero-order valence-electron chi connectivity index (χ0n) is 14.2. The maximum atomic E-state index is 12.4. The van der Waals surface area contributed by atoms with Gasteiger partial charge in [0.1, 0.15) is 0 Å². The zero-order chi connectivity index (χ0) is 19.1. The lowest BCUT2D eigenvalue weighted by atomic mass is 10.1. The molecule has 1 heterocycles. The van der Waals surface area contributed by atoms with Crippen molar-refractivity contribution in [1.29, 1.82) is 0 Å². The molecule has 1 aliphatic heterocycles. The molecule has 0 unspecified atom stereocenters. The molecular formula is C18H17ClN2O4S. The van der Waals surface area contributed by atoms with E-state index in [-0.39, 0.29) is 17.3 Å². The number of aryl methyl sites for hydroxylation is 1. The van der Waals surface area contributed by atoms with Gasteiger partial charge in [0.25, 0.3) is 5.91 Å². The van der Waals surface area contributed by atoms with Crippen LogP contribution in [0.15, 0.2) is 42.5 Å². The first-order valence-electron chi connectivity index (χ1n) is 7.93. The Morgan fingerprint density at radius 3 is 2.42 bits per heavy atom. The number of hydrogen-bond donors (Lipinski definition) is 1. The Bertz CT molecular complexity index is 987. The molecule has 1 saturated heterocycles. The smallest absolute Gasteiger partial charge is 0.255 e. The fraction of sp³-hybridized carbons (Fsp3) is 0.222. The van der Waals surface area contributed by atoms with Crippen molar-refractivity contribution in [1.82, 2.24) is 0 Å². The van der Waals surface area contributed by atoms with Gasteiger partial charge in [0.15, 0.2) is 0 Å². The van der Waals surface area contributed by atoms with Gasteiger partial charge in [0.2, 0.25) is 15.9 Å². The van der Waals surface area contributed by atoms with E-state index in [0.717, 1.165) is 9.87 Å². The van der Waals surface area contributed by atoms with Gasteiger partial charge in [-0.2, -0.15) is 0 Å². The molecular weight excluding hydrogens is 376 g/mol. The predicted molar refractivity (Wildman–Crippen MR) is 101 cm³/mol. The molecule has 0 saturated carbocycles. The average Bonchev–Trinajstić information content (AvgIpc) is 2.78. The minimum Gasteiger partial charge on any atom is -0.322 e. The lowest BCUT2D eigenvalue weighted by Crippen LogP contribution is -2.30. The van der Waals surface area contributed by atoms with Crippen LogP contribution in [0.25, 0.3) is 0 Å². The minimum atomic E-state index is -3.66. The van der Waals surface area contributed by atoms with E-state index < -0.39 is 21.8 Å². The first kappa shape index (κ1) is 18.4. The van der Waals surface area contributed by atoms with Crippen LogP contribution in [0.1, 0.15) is 22.8 Å². The van der Waals surface area contributed by atoms with E-state index in [1.54, 1.807) is 25.1 Å². The molecule has 2 amide bonds. The molecule has 1 aliphatic rings. The fourth-order valence-corrected chi connectivity index (χ4v) is 4.75. The van der Waals surface area contributed by atoms with Crippen LogP contribution in [0.4, 0.5) is 11.4 Å². The predicted octanol–water partition coefficient (Wildman–Crippen LogP) is 3.21. The third kappa shape index (κ3) is 3.45. The summed E-state index contributed by atoms with van der Waals surface area (Å²) in [5.41, 5.74) is 2.03. The summed E-state index contributed by atoms with van der Waals surface area (Å²) in [6.45, 7) is 3.43. The van der Waals surface area contributed by atoms with Gasteiger partial charge in [-0.15, -0.1) is 0 Å². The van der Waals surface area contributed by atoms with E-state index in [4.69, 9.17) is 11.6 Å². The number of halogens is 1. The lowest BCUT2D eigenvalue weighted by Gasteiger charge is -2.15. The molecule has 136 valence electrons. The van der Waals surface area contributed by atoms with E-state index in [9.17, 15) is 18.0 Å². The minimum absolute atomic E-state index is 0.206. The van der Waals surface area contributed by atoms with Crippen molar-refractivity contribution in [3.05, 3.63) is 58.6 Å². The van der Waals surface area contributed by atoms with Crippen LogP contribution in [-0.4, -0.2) is 26.0 Å². The highest BCUT2D eigenvalue weighted by atomic mass is 35.5. The molecule has 1 fully saturated rings. The summed E-state index contributed by atoms with van der Waals surface area (Å²) in [7, 11) is -3.66. The number of hydrogen-bond acceptors (Lipinski definition) is 4. The third-order valence-corrected chi connectivity index (χ3v) is 6.28. The Labute approximate surface area is 156 Å². The topological polar surface area (TPSA) is 83.6 Å². The van der Waals surface area contributed by atoms with Gasteiger partial charge >= 0.3 is 0 Å². The second-order valence-corrected chi connectivity index (χ2v) is 8.54. The first-order chi connectivity index (χ1) is 12.2. The van der Waals surface area contributed by atoms with Crippen LogP contribution >= 0.6 is 11.6 Å². The second-order valence-electron chi connectivity index (χ2n) is 6.24. The maximum Gasteiger partial charge on any atom is 0.255 e. The molecule has 1 N–H and O–H groups in total. The molecule has 0 bridgehead atoms. The van der Waals surface area contributed by atoms with Gasteiger partial charge in [-0.1, -0.05) is 24.6 Å². The van der Waals surface area contributed by atoms with Crippen LogP contribution in [0.5, 0.6) is 0 Å². The summed E-state index contributed by atoms with van der Waals surface area (Å²) in [5.74, 6) is -1.60. The van der Waals surface area contributed by atoms with E-state index in [1.807, 2.05) is 6.92 Å². The standard InChI is InChI=1S/C18H17ClN2O4S/c1-11-3-6-14(19)9-16(11)20-17(22)13-4-7-15(8-5-13)21-18(23)12(2)10-26(21,24)25/h3-9,12H,10H2,1-2H3,(H,20,22)/t12-/m0/s1. The molecule has 0 aliphatic carbocycles. The monoisotopic (exact) mass is 392 g/mol. The van der Waals surface area contributed by atoms with Crippen LogP contribution in [0.2, 0.25) is 5.02 Å². The van der Waals surface area contributed by atoms with Gasteiger partial charge in [-0.05, 0) is 48.9 Å². The number of rotatable bonds is 3. The highest BCUT2D eigenvalue weighted by Crippen LogP contribution is 2.28. The van der Waals surface area contributed by atoms with Gasteiger partial charge in [-0.3, -0.25) is 9.59 Å². The number of carbonyl (C=O) groups is 2. The number of nitrogens with zero attached hydrogens (tertiary/aromatic N) is 1. The number of nitrogens with one attached hydrogen (secondary N) is 1. The summed E-state index contributed by atoms with van der Waals surface area (Å²) in [6.07, 6.45) is 0. The van der Waals surface area contributed by atoms with Crippen molar-refractivity contribution in [3.8, 4) is 0 Å². The molecule has 0 aromatic heterocycles. The van der Waals surface area contributed by atoms with Crippen LogP contribution in [-0.2, 0) is 14.8 Å². The van der Waals surface area contributed by atoms with Crippen molar-refractivity contribution in [2.75, 3.05) is 15.4 Å². The first-order valence-corrected chi connectivity index (χ1v) is 9.92. The van der Waals surface area contributed by atoms with Crippen LogP contribution < -0.4 is 9.62 Å². The van der Waals surface area contributed by atoms with Crippen molar-refractivity contribution >= 4 is 44.8 Å². The summed E-state index contributed by atoms with van der Waals surface area (Å²) >= 11 is 5.95. The maximum absolute atomic E-state index is 12.4. The van der Waals surface area contributed by atoms with Crippen molar-refractivity contribution in [2.24, 2.45) is 5.92 Å². The molecule has 8 heteroatoms. The van der Waals surface area contributed by atoms with Crippen LogP contribution in [0.3, 0.4) is 0 Å². The number of amides is 2. The third-order valence-electron chi connectivity index (χ3n) is 4.17. The summed E-state index contributed by atoms with van der Waals surface area (Å²) in [5, 5.41) is 3.27. The average molecular weight is 393 g/mol. The lowest BCUT2D eigenvalue weighted by molar-refractivity contribution is -0.119. The van der Waals surface area contributed by atoms with Crippen molar-refractivity contribution < 1.29 is 18.0 Å². The molecule has 2 aromatic carbocycles. The molecule has 3 rings (SSSR count). The SMILES string of the molecule is Cc1ccc(Cl)cc1NC(=O)c1ccc(N2C(=O)[C@@H](C)CS2(=O)=O)cc1. The number of sulfonamides is 1. The van der Waals surface area contributed by atoms with Crippen molar-refractivity contribution in [2.45, 2.75) is 13.8 Å². The quantitative estimate of drug-likeness (QED) is 0.869. The fourth-order valence-electron chi connectivity index (χ4n) is 2.76. The van der Waals surface area contributed by atoms with E-state index in [2.05, 4.69) is 5.32 Å². The summed E-state index contributed by atoms with van der Waals surface area (Å²) in [6, 6.07) is 11.1. The number of benzene rings is 2. The van der Waals surface area contributed by atoms with E-state index in [1.165, 1.54) is 24.3 Å². The molecule has 1 atom stereocenters. The van der Waals surface area contributed by atoms with E-state index in [0.29, 0.717) is 16.3 Å². The molecule has 26 heavy (non-hydrogen) atoms. The Kier molecular flexibility index (Phi) is 4.77. The Morgan fingerprint density at radius 1 is 1.19 bits per heavy atom. The second kappa shape index (κ2) is 6.74. The Balaban J connectivity index is 1.82. The van der Waals surface area contributed by atoms with E-state index >= 15 is 0 Å². The van der Waals surface area contributed by atoms with Gasteiger partial charge in [0, 0.05) is 16.3 Å².